The van der Waals surface area contributed by atoms with Crippen LogP contribution in [0.1, 0.15) is 31.3 Å². The number of benzene rings is 2. The summed E-state index contributed by atoms with van der Waals surface area (Å²) in [6.45, 7) is 6.29. The van der Waals surface area contributed by atoms with Crippen LogP contribution in [0.2, 0.25) is 0 Å². The maximum atomic E-state index is 13.0. The van der Waals surface area contributed by atoms with Gasteiger partial charge in [-0.3, -0.25) is 9.89 Å². The average Bonchev–Trinajstić information content (AvgIpc) is 3.38. The molecule has 35 heavy (non-hydrogen) atoms. The van der Waals surface area contributed by atoms with Gasteiger partial charge in [0.2, 0.25) is 5.88 Å². The van der Waals surface area contributed by atoms with Crippen LogP contribution in [-0.4, -0.2) is 36.1 Å². The van der Waals surface area contributed by atoms with E-state index in [1.165, 1.54) is 18.3 Å². The monoisotopic (exact) mass is 496 g/mol. The molecular formula is C25H28N4O5S. The highest BCUT2D eigenvalue weighted by atomic mass is 32.2. The van der Waals surface area contributed by atoms with E-state index < -0.39 is 15.9 Å². The van der Waals surface area contributed by atoms with Crippen molar-refractivity contribution in [1.82, 2.24) is 19.9 Å². The molecule has 0 aliphatic heterocycles. The van der Waals surface area contributed by atoms with Crippen LogP contribution in [-0.2, 0) is 10.0 Å². The Bertz CT molecular complexity index is 1460. The minimum absolute atomic E-state index is 0. The van der Waals surface area contributed by atoms with Gasteiger partial charge in [0.05, 0.1) is 18.5 Å². The Morgan fingerprint density at radius 2 is 1.83 bits per heavy atom. The van der Waals surface area contributed by atoms with Gasteiger partial charge in [-0.25, -0.2) is 9.71 Å². The standard InChI is InChI=1S/C25H24N4O5S.2H2/c1-4-33-19-8-6-18(7-9-19)21-11-10-20(24(30)29-35(31,32)23-13-14-26-28-23)25(27-21)34-22-12-5-16(2)15-17(22)3;;/h5-15H,4H2,1-3H3,(H,26,28)(H,29,30);2*1H. The van der Waals surface area contributed by atoms with Gasteiger partial charge in [0, 0.05) is 8.42 Å². The van der Waals surface area contributed by atoms with Gasteiger partial charge < -0.3 is 9.47 Å². The molecule has 0 saturated heterocycles. The van der Waals surface area contributed by atoms with Crippen LogP contribution in [0.4, 0.5) is 0 Å². The zero-order valence-electron chi connectivity index (χ0n) is 19.4. The number of H-pyrrole nitrogens is 1. The zero-order chi connectivity index (χ0) is 25.0. The van der Waals surface area contributed by atoms with Crippen molar-refractivity contribution < 1.29 is 25.5 Å². The summed E-state index contributed by atoms with van der Waals surface area (Å²) in [5.41, 5.74) is 3.17. The maximum Gasteiger partial charge on any atom is 0.281 e. The van der Waals surface area contributed by atoms with E-state index in [1.54, 1.807) is 12.1 Å². The van der Waals surface area contributed by atoms with Crippen LogP contribution in [0.5, 0.6) is 17.4 Å². The molecule has 0 aliphatic carbocycles. The van der Waals surface area contributed by atoms with E-state index >= 15 is 0 Å². The molecule has 2 heterocycles. The summed E-state index contributed by atoms with van der Waals surface area (Å²) in [5.74, 6) is 0.311. The fourth-order valence-corrected chi connectivity index (χ4v) is 4.26. The number of nitrogens with one attached hydrogen (secondary N) is 2. The predicted molar refractivity (Wildman–Crippen MR) is 134 cm³/mol. The van der Waals surface area contributed by atoms with E-state index in [0.29, 0.717) is 18.1 Å². The molecule has 1 amide bonds. The van der Waals surface area contributed by atoms with E-state index in [0.717, 1.165) is 22.4 Å². The van der Waals surface area contributed by atoms with Crippen LogP contribution in [0.3, 0.4) is 0 Å². The van der Waals surface area contributed by atoms with Crippen molar-refractivity contribution >= 4 is 15.9 Å². The molecule has 2 aromatic carbocycles. The minimum atomic E-state index is -4.16. The minimum Gasteiger partial charge on any atom is -0.494 e. The lowest BCUT2D eigenvalue weighted by Crippen LogP contribution is -2.31. The zero-order valence-corrected chi connectivity index (χ0v) is 20.2. The molecule has 0 aliphatic rings. The Hall–Kier alpha value is -4.18. The van der Waals surface area contributed by atoms with Gasteiger partial charge in [0.25, 0.3) is 15.9 Å². The van der Waals surface area contributed by atoms with E-state index in [9.17, 15) is 13.2 Å². The number of carbonyl (C=O) groups excluding carboxylic acids is 1. The van der Waals surface area contributed by atoms with Gasteiger partial charge in [0.1, 0.15) is 17.1 Å². The lowest BCUT2D eigenvalue weighted by molar-refractivity contribution is 0.0978. The van der Waals surface area contributed by atoms with Gasteiger partial charge in [-0.05, 0) is 74.9 Å². The Morgan fingerprint density at radius 1 is 1.06 bits per heavy atom. The Kier molecular flexibility index (Phi) is 6.83. The van der Waals surface area contributed by atoms with Crippen LogP contribution in [0.15, 0.2) is 71.9 Å². The van der Waals surface area contributed by atoms with Gasteiger partial charge in [-0.15, -0.1) is 0 Å². The van der Waals surface area contributed by atoms with E-state index in [4.69, 9.17) is 9.47 Å². The second-order valence-corrected chi connectivity index (χ2v) is 9.38. The first-order valence-corrected chi connectivity index (χ1v) is 12.3. The number of amides is 1. The first-order valence-electron chi connectivity index (χ1n) is 10.8. The molecular weight excluding hydrogens is 468 g/mol. The van der Waals surface area contributed by atoms with Crippen LogP contribution in [0, 0.1) is 13.8 Å². The number of aryl methyl sites for hydroxylation is 2. The van der Waals surface area contributed by atoms with Crippen LogP contribution < -0.4 is 14.2 Å². The van der Waals surface area contributed by atoms with Gasteiger partial charge in [-0.2, -0.15) is 13.5 Å². The summed E-state index contributed by atoms with van der Waals surface area (Å²) in [5, 5.41) is 5.72. The summed E-state index contributed by atoms with van der Waals surface area (Å²) >= 11 is 0. The molecule has 0 fully saturated rings. The lowest BCUT2D eigenvalue weighted by Gasteiger charge is -2.14. The number of aromatic nitrogens is 3. The summed E-state index contributed by atoms with van der Waals surface area (Å²) in [7, 11) is -4.16. The van der Waals surface area contributed by atoms with Gasteiger partial charge in [0.15, 0.2) is 5.03 Å². The number of sulfonamides is 1. The Morgan fingerprint density at radius 3 is 2.49 bits per heavy atom. The largest absolute Gasteiger partial charge is 0.494 e. The Labute approximate surface area is 206 Å². The normalized spacial score (nSPS) is 11.2. The molecule has 184 valence electrons. The summed E-state index contributed by atoms with van der Waals surface area (Å²) in [6.07, 6.45) is 1.28. The lowest BCUT2D eigenvalue weighted by atomic mass is 10.1. The first kappa shape index (κ1) is 24.0. The Balaban J connectivity index is 0.00000241. The van der Waals surface area contributed by atoms with Crippen LogP contribution >= 0.6 is 0 Å². The molecule has 2 aromatic heterocycles. The third kappa shape index (κ3) is 5.49. The van der Waals surface area contributed by atoms with Crippen molar-refractivity contribution in [3.05, 3.63) is 83.6 Å². The van der Waals surface area contributed by atoms with Crippen LogP contribution in [0.25, 0.3) is 11.3 Å². The molecule has 0 unspecified atom stereocenters. The highest BCUT2D eigenvalue weighted by Crippen LogP contribution is 2.30. The topological polar surface area (TPSA) is 123 Å². The number of pyridine rings is 1. The summed E-state index contributed by atoms with van der Waals surface area (Å²) in [4.78, 5) is 17.6. The highest BCUT2D eigenvalue weighted by molar-refractivity contribution is 7.90. The second kappa shape index (κ2) is 9.98. The van der Waals surface area contributed by atoms with Gasteiger partial charge >= 0.3 is 0 Å². The maximum absolute atomic E-state index is 13.0. The average molecular weight is 497 g/mol. The fraction of sp³-hybridized carbons (Fsp3) is 0.160. The molecule has 0 spiro atoms. The molecule has 9 nitrogen and oxygen atoms in total. The number of rotatable bonds is 8. The van der Waals surface area contributed by atoms with Crippen molar-refractivity contribution in [2.75, 3.05) is 6.61 Å². The van der Waals surface area contributed by atoms with Crippen molar-refractivity contribution in [2.24, 2.45) is 0 Å². The second-order valence-electron chi connectivity index (χ2n) is 7.73. The van der Waals surface area contributed by atoms with Crippen molar-refractivity contribution in [2.45, 2.75) is 25.8 Å². The molecule has 0 saturated carbocycles. The third-order valence-electron chi connectivity index (χ3n) is 5.09. The molecule has 10 heteroatoms. The predicted octanol–water partition coefficient (Wildman–Crippen LogP) is 4.89. The van der Waals surface area contributed by atoms with Crippen molar-refractivity contribution in [3.8, 4) is 28.6 Å². The van der Waals surface area contributed by atoms with Gasteiger partial charge in [-0.1, -0.05) is 17.7 Å². The quantitative estimate of drug-likeness (QED) is 0.356. The number of carbonyl (C=O) groups is 1. The molecule has 4 aromatic rings. The number of hydrogen-bond acceptors (Lipinski definition) is 7. The third-order valence-corrected chi connectivity index (χ3v) is 6.36. The number of nitrogens with zero attached hydrogens (tertiary/aromatic N) is 2. The highest BCUT2D eigenvalue weighted by Gasteiger charge is 2.24. The van der Waals surface area contributed by atoms with E-state index in [1.807, 2.05) is 61.9 Å². The first-order chi connectivity index (χ1) is 16.8. The molecule has 0 bridgehead atoms. The van der Waals surface area contributed by atoms with E-state index in [2.05, 4.69) is 15.2 Å². The smallest absolute Gasteiger partial charge is 0.281 e. The fourth-order valence-electron chi connectivity index (χ4n) is 3.38. The van der Waals surface area contributed by atoms with Crippen molar-refractivity contribution in [1.29, 1.82) is 0 Å². The molecule has 0 atom stereocenters. The SMILES string of the molecule is CCOc1ccc(-c2ccc(C(=O)NS(=O)(=O)c3ccn[nH]3)c(Oc3ccc(C)cc3C)n2)cc1.[HH].[HH]. The molecule has 2 N–H and O–H groups in total. The van der Waals surface area contributed by atoms with Crippen molar-refractivity contribution in [3.63, 3.8) is 0 Å². The molecule has 4 rings (SSSR count). The summed E-state index contributed by atoms with van der Waals surface area (Å²) in [6, 6.07) is 17.3. The van der Waals surface area contributed by atoms with E-state index in [-0.39, 0.29) is 19.3 Å². The number of hydrogen-bond donors (Lipinski definition) is 2. The summed E-state index contributed by atoms with van der Waals surface area (Å²) < 4.78 is 38.6. The molecule has 0 radical (unpaired) electrons. The number of ether oxygens (including phenoxy) is 2. The number of aromatic amines is 1.